The lowest BCUT2D eigenvalue weighted by Crippen LogP contribution is -2.25. The normalized spacial score (nSPS) is 11.3. The van der Waals surface area contributed by atoms with Gasteiger partial charge in [-0.25, -0.2) is 13.2 Å². The van der Waals surface area contributed by atoms with E-state index in [1.165, 1.54) is 0 Å². The van der Waals surface area contributed by atoms with Gasteiger partial charge in [-0.15, -0.1) is 18.5 Å². The van der Waals surface area contributed by atoms with Crippen molar-refractivity contribution in [3.63, 3.8) is 0 Å². The van der Waals surface area contributed by atoms with Crippen LogP contribution in [0, 0.1) is 17.5 Å². The molecule has 2 atom stereocenters. The molecular weight excluding hydrogens is 275 g/mol. The molecule has 0 aliphatic carbocycles. The van der Waals surface area contributed by atoms with Crippen LogP contribution < -0.4 is 10.6 Å². The highest BCUT2D eigenvalue weighted by Gasteiger charge is 2.24. The van der Waals surface area contributed by atoms with Gasteiger partial charge < -0.3 is 0 Å². The fourth-order valence-corrected chi connectivity index (χ4v) is 3.49. The summed E-state index contributed by atoms with van der Waals surface area (Å²) in [6.45, 7) is 4.06. The maximum Gasteiger partial charge on any atom is 0.195 e. The van der Waals surface area contributed by atoms with Crippen LogP contribution in [0.2, 0.25) is 0 Å². The van der Waals surface area contributed by atoms with E-state index < -0.39 is 17.5 Å². The molecule has 1 rings (SSSR count). The first-order valence-electron chi connectivity index (χ1n) is 6.16. The second-order valence-electron chi connectivity index (χ2n) is 4.46. The van der Waals surface area contributed by atoms with E-state index in [1.807, 2.05) is 13.8 Å². The van der Waals surface area contributed by atoms with Gasteiger partial charge in [0.05, 0.1) is 0 Å². The van der Waals surface area contributed by atoms with Crippen LogP contribution >= 0.6 is 18.5 Å². The van der Waals surface area contributed by atoms with Crippen LogP contribution in [0.3, 0.4) is 0 Å². The monoisotopic (exact) mass is 294 g/mol. The Morgan fingerprint density at radius 3 is 1.56 bits per heavy atom. The average Bonchev–Trinajstić information content (AvgIpc) is 2.35. The molecule has 0 amide bonds. The van der Waals surface area contributed by atoms with Crippen molar-refractivity contribution in [3.05, 3.63) is 23.0 Å². The lowest BCUT2D eigenvalue weighted by molar-refractivity contribution is 0.450. The topological polar surface area (TPSA) is 0 Å². The second kappa shape index (κ2) is 6.87. The molecular formula is C13H19F3P2. The Balaban J connectivity index is 3.37. The Kier molecular flexibility index (Phi) is 6.08. The minimum Gasteiger partial charge on any atom is -0.203 e. The molecule has 0 saturated heterocycles. The van der Waals surface area contributed by atoms with Crippen LogP contribution in [0.4, 0.5) is 13.2 Å². The van der Waals surface area contributed by atoms with Crippen molar-refractivity contribution in [1.82, 2.24) is 0 Å². The van der Waals surface area contributed by atoms with E-state index in [0.717, 1.165) is 25.7 Å². The maximum absolute atomic E-state index is 13.6. The molecule has 0 aromatic heterocycles. The van der Waals surface area contributed by atoms with Crippen molar-refractivity contribution in [3.8, 4) is 0 Å². The van der Waals surface area contributed by atoms with E-state index in [9.17, 15) is 13.2 Å². The molecule has 0 N–H and O–H groups in total. The van der Waals surface area contributed by atoms with Crippen LogP contribution in [-0.2, 0) is 0 Å². The Morgan fingerprint density at radius 1 is 0.833 bits per heavy atom. The SMILES string of the molecule is CCCC(CCC)c1c(P)c(F)c(F)c(F)c1P. The van der Waals surface area contributed by atoms with Gasteiger partial charge in [-0.2, -0.15) is 0 Å². The van der Waals surface area contributed by atoms with Crippen molar-refractivity contribution in [2.45, 2.75) is 45.4 Å². The molecule has 0 radical (unpaired) electrons. The Labute approximate surface area is 111 Å². The molecule has 18 heavy (non-hydrogen) atoms. The van der Waals surface area contributed by atoms with E-state index in [1.54, 1.807) is 0 Å². The highest BCUT2D eigenvalue weighted by Crippen LogP contribution is 2.28. The largest absolute Gasteiger partial charge is 0.203 e. The number of hydrogen-bond acceptors (Lipinski definition) is 0. The summed E-state index contributed by atoms with van der Waals surface area (Å²) in [4.78, 5) is 0. The fourth-order valence-electron chi connectivity index (χ4n) is 2.28. The molecule has 0 aliphatic heterocycles. The third kappa shape index (κ3) is 3.06. The minimum absolute atomic E-state index is 0.0737. The molecule has 1 aromatic carbocycles. The third-order valence-electron chi connectivity index (χ3n) is 3.12. The molecule has 0 nitrogen and oxygen atoms in total. The van der Waals surface area contributed by atoms with Crippen LogP contribution in [0.5, 0.6) is 0 Å². The van der Waals surface area contributed by atoms with Gasteiger partial charge in [0, 0.05) is 10.6 Å². The summed E-state index contributed by atoms with van der Waals surface area (Å²) in [6, 6.07) is 0. The van der Waals surface area contributed by atoms with Gasteiger partial charge in [0.15, 0.2) is 17.5 Å². The molecule has 0 heterocycles. The summed E-state index contributed by atoms with van der Waals surface area (Å²) in [5, 5.41) is 0.316. The first-order valence-corrected chi connectivity index (χ1v) is 7.32. The van der Waals surface area contributed by atoms with Crippen LogP contribution in [0.1, 0.15) is 51.0 Å². The highest BCUT2D eigenvalue weighted by atomic mass is 31.0. The van der Waals surface area contributed by atoms with Gasteiger partial charge in [-0.3, -0.25) is 0 Å². The Morgan fingerprint density at radius 2 is 1.22 bits per heavy atom. The van der Waals surface area contributed by atoms with Crippen molar-refractivity contribution in [2.75, 3.05) is 0 Å². The maximum atomic E-state index is 13.6. The molecule has 1 aromatic rings. The predicted molar refractivity (Wildman–Crippen MR) is 77.6 cm³/mol. The van der Waals surface area contributed by atoms with Gasteiger partial charge >= 0.3 is 0 Å². The van der Waals surface area contributed by atoms with E-state index >= 15 is 0 Å². The number of halogens is 3. The smallest absolute Gasteiger partial charge is 0.195 e. The molecule has 0 bridgehead atoms. The second-order valence-corrected chi connectivity index (χ2v) is 5.61. The summed E-state index contributed by atoms with van der Waals surface area (Å²) >= 11 is 0. The zero-order chi connectivity index (χ0) is 13.9. The van der Waals surface area contributed by atoms with E-state index in [4.69, 9.17) is 0 Å². The summed E-state index contributed by atoms with van der Waals surface area (Å²) in [5.74, 6) is -3.49. The Hall–Kier alpha value is -0.130. The lowest BCUT2D eigenvalue weighted by atomic mass is 9.90. The molecule has 0 spiro atoms. The van der Waals surface area contributed by atoms with Crippen LogP contribution in [-0.4, -0.2) is 0 Å². The lowest BCUT2D eigenvalue weighted by Gasteiger charge is -2.21. The molecule has 0 fully saturated rings. The number of benzene rings is 1. The highest BCUT2D eigenvalue weighted by molar-refractivity contribution is 7.29. The first kappa shape index (κ1) is 15.9. The fraction of sp³-hybridized carbons (Fsp3) is 0.538. The predicted octanol–water partition coefficient (Wildman–Crippen LogP) is 3.79. The number of rotatable bonds is 5. The van der Waals surface area contributed by atoms with Crippen LogP contribution in [0.15, 0.2) is 0 Å². The van der Waals surface area contributed by atoms with Crippen molar-refractivity contribution in [2.24, 2.45) is 0 Å². The van der Waals surface area contributed by atoms with Crippen molar-refractivity contribution >= 4 is 29.1 Å². The number of hydrogen-bond donors (Lipinski definition) is 0. The minimum atomic E-state index is -1.39. The van der Waals surface area contributed by atoms with Gasteiger partial charge in [0.2, 0.25) is 0 Å². The van der Waals surface area contributed by atoms with Gasteiger partial charge in [-0.1, -0.05) is 26.7 Å². The van der Waals surface area contributed by atoms with E-state index in [0.29, 0.717) is 5.56 Å². The van der Waals surface area contributed by atoms with E-state index in [2.05, 4.69) is 18.5 Å². The van der Waals surface area contributed by atoms with Crippen LogP contribution in [0.25, 0.3) is 0 Å². The molecule has 2 unspecified atom stereocenters. The zero-order valence-electron chi connectivity index (χ0n) is 10.7. The van der Waals surface area contributed by atoms with Gasteiger partial charge in [0.25, 0.3) is 0 Å². The molecule has 0 saturated carbocycles. The van der Waals surface area contributed by atoms with Crippen molar-refractivity contribution in [1.29, 1.82) is 0 Å². The molecule has 102 valence electrons. The van der Waals surface area contributed by atoms with Gasteiger partial charge in [-0.05, 0) is 24.3 Å². The first-order chi connectivity index (χ1) is 8.45. The molecule has 5 heteroatoms. The van der Waals surface area contributed by atoms with Crippen molar-refractivity contribution < 1.29 is 13.2 Å². The summed E-state index contributed by atoms with van der Waals surface area (Å²) < 4.78 is 40.5. The molecule has 0 aliphatic rings. The standard InChI is InChI=1S/C13H19F3P2/c1-3-5-7(6-4-2)8-12(17)10(15)9(14)11(16)13(8)18/h7H,3-6,17-18H2,1-2H3. The van der Waals surface area contributed by atoms with Gasteiger partial charge in [0.1, 0.15) is 0 Å². The summed E-state index contributed by atoms with van der Waals surface area (Å²) in [5.41, 5.74) is 0.588. The zero-order valence-corrected chi connectivity index (χ0v) is 13.0. The quantitative estimate of drug-likeness (QED) is 0.572. The van der Waals surface area contributed by atoms with E-state index in [-0.39, 0.29) is 16.5 Å². The summed E-state index contributed by atoms with van der Waals surface area (Å²) in [6.07, 6.45) is 3.56. The third-order valence-corrected chi connectivity index (χ3v) is 4.25. The summed E-state index contributed by atoms with van der Waals surface area (Å²) in [7, 11) is 4.42. The Bertz CT molecular complexity index is 398. The average molecular weight is 294 g/mol.